The molecular weight excluding hydrogens is 348 g/mol. The Labute approximate surface area is 132 Å². The first-order chi connectivity index (χ1) is 10.7. The number of alkyl halides is 6. The molecule has 138 valence electrons. The molecule has 0 saturated heterocycles. The molecule has 2 atom stereocenters. The number of aliphatic hydroxyl groups is 1. The van der Waals surface area contributed by atoms with Crippen LogP contribution in [0.5, 0.6) is 0 Å². The first-order valence-electron chi connectivity index (χ1n) is 6.36. The zero-order valence-corrected chi connectivity index (χ0v) is 12.5. The van der Waals surface area contributed by atoms with E-state index in [-0.39, 0.29) is 17.9 Å². The highest BCUT2D eigenvalue weighted by atomic mass is 19.4. The number of pyridine rings is 1. The van der Waals surface area contributed by atoms with Gasteiger partial charge < -0.3 is 14.9 Å². The van der Waals surface area contributed by atoms with Gasteiger partial charge in [0.2, 0.25) is 0 Å². The van der Waals surface area contributed by atoms with Crippen molar-refractivity contribution < 1.29 is 46.1 Å². The van der Waals surface area contributed by atoms with Gasteiger partial charge in [0, 0.05) is 6.20 Å². The molecule has 2 N–H and O–H groups in total. The van der Waals surface area contributed by atoms with Crippen molar-refractivity contribution in [1.29, 1.82) is 0 Å². The van der Waals surface area contributed by atoms with Gasteiger partial charge in [0.25, 0.3) is 0 Å². The number of hydrogen-bond acceptors (Lipinski definition) is 4. The first kappa shape index (κ1) is 22.1. The second kappa shape index (κ2) is 8.83. The highest BCUT2D eigenvalue weighted by molar-refractivity contribution is 5.87. The van der Waals surface area contributed by atoms with Crippen LogP contribution in [0, 0.1) is 0 Å². The van der Waals surface area contributed by atoms with Crippen molar-refractivity contribution in [3.63, 3.8) is 0 Å². The fourth-order valence-corrected chi connectivity index (χ4v) is 0.941. The molecule has 0 aliphatic heterocycles. The van der Waals surface area contributed by atoms with Crippen molar-refractivity contribution >= 4 is 5.97 Å². The monoisotopic (exact) mass is 363 g/mol. The SMILES string of the molecule is CC(O)C(F)(F)F.CC(OCc1ccc(C(=O)O)cn1)C(F)(F)F. The number of carboxylic acid groups (broad SMARTS) is 1. The van der Waals surface area contributed by atoms with Crippen LogP contribution >= 0.6 is 0 Å². The topological polar surface area (TPSA) is 79.7 Å². The van der Waals surface area contributed by atoms with Gasteiger partial charge in [-0.25, -0.2) is 4.79 Å². The predicted molar refractivity (Wildman–Crippen MR) is 69.2 cm³/mol. The Morgan fingerprint density at radius 1 is 1.17 bits per heavy atom. The van der Waals surface area contributed by atoms with Crippen LogP contribution < -0.4 is 0 Å². The normalized spacial score (nSPS) is 14.4. The van der Waals surface area contributed by atoms with Crippen LogP contribution in [0.2, 0.25) is 0 Å². The summed E-state index contributed by atoms with van der Waals surface area (Å²) in [5.74, 6) is -1.14. The Morgan fingerprint density at radius 3 is 1.96 bits per heavy atom. The van der Waals surface area contributed by atoms with Gasteiger partial charge in [0.1, 0.15) is 6.10 Å². The second-order valence-electron chi connectivity index (χ2n) is 4.56. The molecule has 0 aromatic carbocycles. The molecule has 24 heavy (non-hydrogen) atoms. The smallest absolute Gasteiger partial charge is 0.414 e. The van der Waals surface area contributed by atoms with Gasteiger partial charge in [0.05, 0.1) is 17.9 Å². The molecule has 1 heterocycles. The molecule has 1 aromatic rings. The average molecular weight is 363 g/mol. The molecule has 0 bridgehead atoms. The number of aliphatic hydroxyl groups excluding tert-OH is 1. The van der Waals surface area contributed by atoms with E-state index in [0.717, 1.165) is 13.1 Å². The van der Waals surface area contributed by atoms with E-state index < -0.39 is 30.5 Å². The molecule has 0 amide bonds. The highest BCUT2D eigenvalue weighted by Crippen LogP contribution is 2.23. The molecule has 0 aliphatic carbocycles. The lowest BCUT2D eigenvalue weighted by atomic mass is 10.2. The lowest BCUT2D eigenvalue weighted by molar-refractivity contribution is -0.217. The number of aromatic carboxylic acids is 1. The molecule has 1 rings (SSSR count). The molecule has 0 saturated carbocycles. The van der Waals surface area contributed by atoms with Crippen molar-refractivity contribution in [3.8, 4) is 0 Å². The Kier molecular flexibility index (Phi) is 8.14. The van der Waals surface area contributed by atoms with Crippen LogP contribution in [0.25, 0.3) is 0 Å². The zero-order valence-electron chi connectivity index (χ0n) is 12.5. The van der Waals surface area contributed by atoms with Crippen LogP contribution in [0.4, 0.5) is 26.3 Å². The molecular formula is C13H15F6NO4. The van der Waals surface area contributed by atoms with E-state index in [4.69, 9.17) is 10.2 Å². The molecule has 0 fully saturated rings. The number of nitrogens with zero attached hydrogens (tertiary/aromatic N) is 1. The largest absolute Gasteiger partial charge is 0.478 e. The van der Waals surface area contributed by atoms with Crippen LogP contribution in [-0.4, -0.2) is 45.7 Å². The van der Waals surface area contributed by atoms with Gasteiger partial charge >= 0.3 is 18.3 Å². The average Bonchev–Trinajstić information content (AvgIpc) is 2.43. The summed E-state index contributed by atoms with van der Waals surface area (Å²) in [6.45, 7) is 1.26. The molecule has 11 heteroatoms. The van der Waals surface area contributed by atoms with Crippen molar-refractivity contribution in [2.75, 3.05) is 0 Å². The molecule has 0 spiro atoms. The molecule has 5 nitrogen and oxygen atoms in total. The van der Waals surface area contributed by atoms with E-state index in [1.807, 2.05) is 0 Å². The number of rotatable bonds is 4. The maximum absolute atomic E-state index is 12.1. The number of hydrogen-bond donors (Lipinski definition) is 2. The number of carbonyl (C=O) groups is 1. The molecule has 0 aliphatic rings. The van der Waals surface area contributed by atoms with Gasteiger partial charge in [-0.3, -0.25) is 4.98 Å². The summed E-state index contributed by atoms with van der Waals surface area (Å²) >= 11 is 0. The Morgan fingerprint density at radius 2 is 1.67 bits per heavy atom. The lowest BCUT2D eigenvalue weighted by Crippen LogP contribution is -2.28. The van der Waals surface area contributed by atoms with Gasteiger partial charge in [-0.1, -0.05) is 0 Å². The lowest BCUT2D eigenvalue weighted by Gasteiger charge is -2.15. The van der Waals surface area contributed by atoms with Crippen LogP contribution in [0.15, 0.2) is 18.3 Å². The highest BCUT2D eigenvalue weighted by Gasteiger charge is 2.37. The summed E-state index contributed by atoms with van der Waals surface area (Å²) in [4.78, 5) is 14.2. The van der Waals surface area contributed by atoms with Gasteiger partial charge in [-0.2, -0.15) is 26.3 Å². The van der Waals surface area contributed by atoms with Gasteiger partial charge in [0.15, 0.2) is 6.10 Å². The van der Waals surface area contributed by atoms with E-state index in [2.05, 4.69) is 9.72 Å². The second-order valence-corrected chi connectivity index (χ2v) is 4.56. The third-order valence-electron chi connectivity index (χ3n) is 2.49. The van der Waals surface area contributed by atoms with E-state index >= 15 is 0 Å². The van der Waals surface area contributed by atoms with Gasteiger partial charge in [-0.15, -0.1) is 0 Å². The Balaban J connectivity index is 0.000000640. The number of aromatic nitrogens is 1. The maximum atomic E-state index is 12.1. The Bertz CT molecular complexity index is 513. The number of carboxylic acids is 1. The van der Waals surface area contributed by atoms with E-state index in [0.29, 0.717) is 6.92 Å². The third kappa shape index (κ3) is 8.67. The zero-order chi connectivity index (χ0) is 19.1. The fourth-order valence-electron chi connectivity index (χ4n) is 0.941. The van der Waals surface area contributed by atoms with Crippen LogP contribution in [0.3, 0.4) is 0 Å². The summed E-state index contributed by atoms with van der Waals surface area (Å²) in [7, 11) is 0. The van der Waals surface area contributed by atoms with Crippen molar-refractivity contribution in [3.05, 3.63) is 29.6 Å². The fraction of sp³-hybridized carbons (Fsp3) is 0.538. The minimum atomic E-state index is -4.44. The summed E-state index contributed by atoms with van der Waals surface area (Å²) in [5, 5.41) is 16.3. The van der Waals surface area contributed by atoms with Crippen LogP contribution in [-0.2, 0) is 11.3 Å². The minimum Gasteiger partial charge on any atom is -0.478 e. The number of halogens is 6. The minimum absolute atomic E-state index is 0.0300. The van der Waals surface area contributed by atoms with Crippen molar-refractivity contribution in [2.45, 2.75) is 45.0 Å². The molecule has 1 aromatic heterocycles. The van der Waals surface area contributed by atoms with E-state index in [1.165, 1.54) is 12.1 Å². The van der Waals surface area contributed by atoms with E-state index in [1.54, 1.807) is 0 Å². The molecule has 0 radical (unpaired) electrons. The summed E-state index contributed by atoms with van der Waals surface area (Å²) < 4.78 is 73.6. The first-order valence-corrected chi connectivity index (χ1v) is 6.36. The van der Waals surface area contributed by atoms with Crippen molar-refractivity contribution in [1.82, 2.24) is 4.98 Å². The van der Waals surface area contributed by atoms with E-state index in [9.17, 15) is 31.1 Å². The standard InChI is InChI=1S/C10H10F3NO3.C3H5F3O/c1-6(10(11,12)13)17-5-8-3-2-7(4-14-8)9(15)16;1-2(7)3(4,5)6/h2-4,6H,5H2,1H3,(H,15,16);2,7H,1H3. The molecule has 2 unspecified atom stereocenters. The maximum Gasteiger partial charge on any atom is 0.414 e. The third-order valence-corrected chi connectivity index (χ3v) is 2.49. The number of ether oxygens (including phenoxy) is 1. The summed E-state index contributed by atoms with van der Waals surface area (Å²) in [6.07, 6.45) is -11.9. The summed E-state index contributed by atoms with van der Waals surface area (Å²) in [5.41, 5.74) is 0.212. The Hall–Kier alpha value is -1.88. The van der Waals surface area contributed by atoms with Crippen molar-refractivity contribution in [2.24, 2.45) is 0 Å². The quantitative estimate of drug-likeness (QED) is 0.804. The van der Waals surface area contributed by atoms with Gasteiger partial charge in [-0.05, 0) is 26.0 Å². The predicted octanol–water partition coefficient (Wildman–Crippen LogP) is 3.18. The van der Waals surface area contributed by atoms with Crippen LogP contribution in [0.1, 0.15) is 29.9 Å². The summed E-state index contributed by atoms with van der Waals surface area (Å²) in [6, 6.07) is 2.57.